The molecule has 1 unspecified atom stereocenters. The molecule has 4 heteroatoms. The maximum atomic E-state index is 12.3. The van der Waals surface area contributed by atoms with Gasteiger partial charge in [0.05, 0.1) is 12.5 Å². The maximum absolute atomic E-state index is 12.3. The molecule has 0 bridgehead atoms. The van der Waals surface area contributed by atoms with E-state index in [0.29, 0.717) is 31.8 Å². The van der Waals surface area contributed by atoms with Crippen molar-refractivity contribution in [2.75, 3.05) is 13.1 Å². The van der Waals surface area contributed by atoms with E-state index in [2.05, 4.69) is 26.8 Å². The van der Waals surface area contributed by atoms with Gasteiger partial charge in [0.15, 0.2) is 0 Å². The molecule has 0 aliphatic rings. The number of carbonyl (C=O) groups is 1. The van der Waals surface area contributed by atoms with Crippen LogP contribution in [0.2, 0.25) is 0 Å². The van der Waals surface area contributed by atoms with Crippen molar-refractivity contribution >= 4 is 5.91 Å². The molecule has 20 heavy (non-hydrogen) atoms. The van der Waals surface area contributed by atoms with E-state index in [1.807, 2.05) is 18.7 Å². The highest BCUT2D eigenvalue weighted by atomic mass is 16.2. The predicted molar refractivity (Wildman–Crippen MR) is 82.9 cm³/mol. The number of nitriles is 1. The van der Waals surface area contributed by atoms with Gasteiger partial charge in [-0.05, 0) is 44.6 Å². The molecule has 0 aliphatic carbocycles. The van der Waals surface area contributed by atoms with E-state index in [1.54, 1.807) is 0 Å². The molecule has 1 atom stereocenters. The molecule has 4 nitrogen and oxygen atoms in total. The second-order valence-electron chi connectivity index (χ2n) is 6.77. The Morgan fingerprint density at radius 3 is 2.30 bits per heavy atom. The Labute approximate surface area is 124 Å². The summed E-state index contributed by atoms with van der Waals surface area (Å²) in [6.45, 7) is 11.8. The molecule has 2 N–H and O–H groups in total. The summed E-state index contributed by atoms with van der Waals surface area (Å²) in [7, 11) is 0. The monoisotopic (exact) mass is 281 g/mol. The van der Waals surface area contributed by atoms with Gasteiger partial charge in [0, 0.05) is 19.0 Å². The molecule has 0 aromatic carbocycles. The number of rotatable bonds is 8. The molecule has 0 radical (unpaired) electrons. The van der Waals surface area contributed by atoms with Crippen LogP contribution in [0.5, 0.6) is 0 Å². The lowest BCUT2D eigenvalue weighted by Gasteiger charge is -2.32. The van der Waals surface area contributed by atoms with Crippen LogP contribution in [-0.4, -0.2) is 29.9 Å². The minimum atomic E-state index is 0.151. The van der Waals surface area contributed by atoms with E-state index >= 15 is 0 Å². The highest BCUT2D eigenvalue weighted by Gasteiger charge is 2.25. The van der Waals surface area contributed by atoms with Crippen LogP contribution in [0.3, 0.4) is 0 Å². The molecule has 0 fully saturated rings. The molecule has 116 valence electrons. The third-order valence-corrected chi connectivity index (χ3v) is 3.85. The van der Waals surface area contributed by atoms with Gasteiger partial charge >= 0.3 is 0 Å². The van der Waals surface area contributed by atoms with E-state index in [-0.39, 0.29) is 17.4 Å². The third kappa shape index (κ3) is 6.91. The minimum absolute atomic E-state index is 0.151. The van der Waals surface area contributed by atoms with Crippen molar-refractivity contribution in [1.82, 2.24) is 4.90 Å². The molecule has 1 amide bonds. The van der Waals surface area contributed by atoms with Gasteiger partial charge in [-0.15, -0.1) is 0 Å². The van der Waals surface area contributed by atoms with Crippen LogP contribution in [0.15, 0.2) is 0 Å². The second kappa shape index (κ2) is 8.97. The standard InChI is InChI=1S/C16H31N3O/c1-13(2)19(12-6-10-17)15(20)8-7-14(9-11-18)16(3,4)5/h13-14H,6-9,11-12,18H2,1-5H3. The van der Waals surface area contributed by atoms with Crippen molar-refractivity contribution < 1.29 is 4.79 Å². The summed E-state index contributed by atoms with van der Waals surface area (Å²) in [5.74, 6) is 0.614. The zero-order valence-electron chi connectivity index (χ0n) is 13.8. The van der Waals surface area contributed by atoms with Crippen molar-refractivity contribution in [1.29, 1.82) is 5.26 Å². The molecule has 0 rings (SSSR count). The summed E-state index contributed by atoms with van der Waals surface area (Å²) in [6.07, 6.45) is 2.77. The van der Waals surface area contributed by atoms with E-state index in [0.717, 1.165) is 12.8 Å². The summed E-state index contributed by atoms with van der Waals surface area (Å²) in [6, 6.07) is 2.26. The van der Waals surface area contributed by atoms with Gasteiger partial charge in [0.1, 0.15) is 0 Å². The lowest BCUT2D eigenvalue weighted by molar-refractivity contribution is -0.133. The van der Waals surface area contributed by atoms with Gasteiger partial charge in [-0.3, -0.25) is 4.79 Å². The normalized spacial score (nSPS) is 13.1. The lowest BCUT2D eigenvalue weighted by Crippen LogP contribution is -2.38. The number of nitrogens with zero attached hydrogens (tertiary/aromatic N) is 2. The van der Waals surface area contributed by atoms with Gasteiger partial charge in [-0.1, -0.05) is 20.8 Å². The molecule has 0 saturated heterocycles. The number of carbonyl (C=O) groups excluding carboxylic acids is 1. The average Bonchev–Trinajstić information content (AvgIpc) is 2.33. The van der Waals surface area contributed by atoms with Gasteiger partial charge in [0.25, 0.3) is 0 Å². The van der Waals surface area contributed by atoms with Gasteiger partial charge in [0.2, 0.25) is 5.91 Å². The Morgan fingerprint density at radius 1 is 1.30 bits per heavy atom. The van der Waals surface area contributed by atoms with Crippen LogP contribution in [0, 0.1) is 22.7 Å². The van der Waals surface area contributed by atoms with E-state index in [4.69, 9.17) is 11.0 Å². The Hall–Kier alpha value is -1.08. The fourth-order valence-corrected chi connectivity index (χ4v) is 2.49. The summed E-state index contributed by atoms with van der Waals surface area (Å²) < 4.78 is 0. The second-order valence-corrected chi connectivity index (χ2v) is 6.77. The van der Waals surface area contributed by atoms with Crippen LogP contribution in [0.1, 0.15) is 60.3 Å². The summed E-state index contributed by atoms with van der Waals surface area (Å²) in [4.78, 5) is 14.1. The van der Waals surface area contributed by atoms with E-state index in [9.17, 15) is 4.79 Å². The zero-order valence-corrected chi connectivity index (χ0v) is 13.8. The molecule has 0 saturated carbocycles. The van der Waals surface area contributed by atoms with Crippen LogP contribution in [-0.2, 0) is 4.79 Å². The first kappa shape index (κ1) is 18.9. The van der Waals surface area contributed by atoms with E-state index in [1.165, 1.54) is 0 Å². The largest absolute Gasteiger partial charge is 0.339 e. The number of amides is 1. The van der Waals surface area contributed by atoms with Gasteiger partial charge in [-0.2, -0.15) is 5.26 Å². The van der Waals surface area contributed by atoms with Crippen LogP contribution < -0.4 is 5.73 Å². The molecule has 0 aromatic heterocycles. The Morgan fingerprint density at radius 2 is 1.90 bits per heavy atom. The summed E-state index contributed by atoms with van der Waals surface area (Å²) >= 11 is 0. The van der Waals surface area contributed by atoms with Crippen molar-refractivity contribution in [2.45, 2.75) is 66.3 Å². The van der Waals surface area contributed by atoms with Crippen LogP contribution in [0.4, 0.5) is 0 Å². The van der Waals surface area contributed by atoms with E-state index < -0.39 is 0 Å². The van der Waals surface area contributed by atoms with Crippen LogP contribution >= 0.6 is 0 Å². The topological polar surface area (TPSA) is 70.1 Å². The minimum Gasteiger partial charge on any atom is -0.339 e. The number of nitrogens with two attached hydrogens (primary N) is 1. The van der Waals surface area contributed by atoms with Crippen molar-refractivity contribution in [2.24, 2.45) is 17.1 Å². The quantitative estimate of drug-likeness (QED) is 0.743. The molecular weight excluding hydrogens is 250 g/mol. The molecule has 0 aromatic rings. The van der Waals surface area contributed by atoms with Crippen molar-refractivity contribution in [3.63, 3.8) is 0 Å². The molecule has 0 heterocycles. The van der Waals surface area contributed by atoms with Crippen LogP contribution in [0.25, 0.3) is 0 Å². The Kier molecular flexibility index (Phi) is 8.48. The molecular formula is C16H31N3O. The Balaban J connectivity index is 4.52. The van der Waals surface area contributed by atoms with Crippen molar-refractivity contribution in [3.05, 3.63) is 0 Å². The average molecular weight is 281 g/mol. The van der Waals surface area contributed by atoms with Crippen molar-refractivity contribution in [3.8, 4) is 6.07 Å². The maximum Gasteiger partial charge on any atom is 0.222 e. The van der Waals surface area contributed by atoms with Gasteiger partial charge < -0.3 is 10.6 Å². The third-order valence-electron chi connectivity index (χ3n) is 3.85. The fraction of sp³-hybridized carbons (Fsp3) is 0.875. The summed E-state index contributed by atoms with van der Waals surface area (Å²) in [5.41, 5.74) is 5.85. The predicted octanol–water partition coefficient (Wildman–Crippen LogP) is 2.93. The smallest absolute Gasteiger partial charge is 0.222 e. The number of hydrogen-bond acceptors (Lipinski definition) is 3. The fourth-order valence-electron chi connectivity index (χ4n) is 2.49. The first-order chi connectivity index (χ1) is 9.23. The first-order valence-corrected chi connectivity index (χ1v) is 7.60. The Bertz CT molecular complexity index is 326. The summed E-state index contributed by atoms with van der Waals surface area (Å²) in [5, 5.41) is 8.67. The van der Waals surface area contributed by atoms with Gasteiger partial charge in [-0.25, -0.2) is 0 Å². The first-order valence-electron chi connectivity index (χ1n) is 7.60. The molecule has 0 spiro atoms. The molecule has 0 aliphatic heterocycles. The highest BCUT2D eigenvalue weighted by molar-refractivity contribution is 5.76. The highest BCUT2D eigenvalue weighted by Crippen LogP contribution is 2.32. The SMILES string of the molecule is CC(C)N(CCC#N)C(=O)CCC(CCN)C(C)(C)C. The lowest BCUT2D eigenvalue weighted by atomic mass is 9.76. The number of hydrogen-bond donors (Lipinski definition) is 1. The zero-order chi connectivity index (χ0) is 15.8.